The van der Waals surface area contributed by atoms with Crippen LogP contribution in [0.4, 0.5) is 0 Å². The summed E-state index contributed by atoms with van der Waals surface area (Å²) in [6.45, 7) is 1.44. The molecular weight excluding hydrogens is 479 g/mol. The Morgan fingerprint density at radius 1 is 1.26 bits per heavy atom. The third kappa shape index (κ3) is 6.49. The second-order valence-electron chi connectivity index (χ2n) is 6.02. The molecule has 0 radical (unpaired) electrons. The van der Waals surface area contributed by atoms with E-state index in [0.29, 0.717) is 6.54 Å². The van der Waals surface area contributed by atoms with Gasteiger partial charge in [0.25, 0.3) is 0 Å². The van der Waals surface area contributed by atoms with Crippen molar-refractivity contribution >= 4 is 41.5 Å². The third-order valence-corrected chi connectivity index (χ3v) is 4.42. The summed E-state index contributed by atoms with van der Waals surface area (Å²) in [6, 6.07) is 7.78. The molecule has 0 aliphatic heterocycles. The number of methoxy groups -OCH3 is 2. The first-order valence-corrected chi connectivity index (χ1v) is 8.79. The maximum Gasteiger partial charge on any atom is 0.193 e. The maximum atomic E-state index is 6.06. The number of guanidine groups is 1. The van der Waals surface area contributed by atoms with Crippen molar-refractivity contribution in [1.29, 1.82) is 0 Å². The number of hydrogen-bond donors (Lipinski definition) is 1. The first-order chi connectivity index (χ1) is 12.5. The maximum absolute atomic E-state index is 6.06. The Kier molecular flexibility index (Phi) is 9.79. The summed E-state index contributed by atoms with van der Waals surface area (Å²) in [5, 5.41) is 4.13. The third-order valence-electron chi connectivity index (χ3n) is 4.21. The Morgan fingerprint density at radius 2 is 2.00 bits per heavy atom. The van der Waals surface area contributed by atoms with Crippen LogP contribution in [0.2, 0.25) is 5.02 Å². The molecule has 0 spiro atoms. The quantitative estimate of drug-likeness (QED) is 0.354. The minimum absolute atomic E-state index is 0. The van der Waals surface area contributed by atoms with E-state index in [-0.39, 0.29) is 24.0 Å². The second-order valence-corrected chi connectivity index (χ2v) is 6.45. The molecule has 1 aromatic heterocycles. The summed E-state index contributed by atoms with van der Waals surface area (Å²) >= 11 is 6.06. The smallest absolute Gasteiger partial charge is 0.193 e. The van der Waals surface area contributed by atoms with Gasteiger partial charge in [-0.25, -0.2) is 0 Å². The van der Waals surface area contributed by atoms with Crippen LogP contribution >= 0.6 is 35.6 Å². The van der Waals surface area contributed by atoms with E-state index in [0.717, 1.165) is 46.7 Å². The molecule has 27 heavy (non-hydrogen) atoms. The number of nitrogens with one attached hydrogen (secondary N) is 1. The average molecular weight is 507 g/mol. The lowest BCUT2D eigenvalue weighted by Gasteiger charge is -2.22. The zero-order valence-electron chi connectivity index (χ0n) is 16.5. The predicted molar refractivity (Wildman–Crippen MR) is 122 cm³/mol. The number of hydrogen-bond acceptors (Lipinski definition) is 3. The minimum Gasteiger partial charge on any atom is -0.497 e. The van der Waals surface area contributed by atoms with Crippen LogP contribution in [0.15, 0.2) is 35.5 Å². The Bertz CT molecular complexity index is 764. The predicted octanol–water partition coefficient (Wildman–Crippen LogP) is 3.56. The lowest BCUT2D eigenvalue weighted by atomic mass is 10.1. The topological polar surface area (TPSA) is 51.0 Å². The molecule has 1 N–H and O–H groups in total. The number of benzene rings is 1. The fourth-order valence-corrected chi connectivity index (χ4v) is 3.08. The highest BCUT2D eigenvalue weighted by molar-refractivity contribution is 14.0. The van der Waals surface area contributed by atoms with Gasteiger partial charge in [-0.1, -0.05) is 11.6 Å². The van der Waals surface area contributed by atoms with Crippen molar-refractivity contribution in [3.05, 3.63) is 46.7 Å². The van der Waals surface area contributed by atoms with E-state index in [1.54, 1.807) is 21.3 Å². The summed E-state index contributed by atoms with van der Waals surface area (Å²) < 4.78 is 12.8. The summed E-state index contributed by atoms with van der Waals surface area (Å²) in [6.07, 6.45) is 2.69. The van der Waals surface area contributed by atoms with Crippen LogP contribution in [0.3, 0.4) is 0 Å². The molecule has 0 fully saturated rings. The number of aliphatic imine (C=N–C) groups is 1. The van der Waals surface area contributed by atoms with Crippen molar-refractivity contribution in [2.45, 2.75) is 13.0 Å². The molecule has 0 saturated carbocycles. The number of aryl methyl sites for hydroxylation is 1. The Labute approximate surface area is 183 Å². The van der Waals surface area contributed by atoms with Crippen molar-refractivity contribution in [3.63, 3.8) is 0 Å². The highest BCUT2D eigenvalue weighted by Crippen LogP contribution is 2.24. The van der Waals surface area contributed by atoms with Crippen LogP contribution in [0.1, 0.15) is 11.3 Å². The van der Waals surface area contributed by atoms with Gasteiger partial charge in [0.1, 0.15) is 11.5 Å². The lowest BCUT2D eigenvalue weighted by molar-refractivity contribution is 0.398. The average Bonchev–Trinajstić information content (AvgIpc) is 2.95. The van der Waals surface area contributed by atoms with Crippen molar-refractivity contribution in [2.24, 2.45) is 12.0 Å². The van der Waals surface area contributed by atoms with Gasteiger partial charge in [-0.3, -0.25) is 4.99 Å². The number of aromatic nitrogens is 1. The molecule has 0 atom stereocenters. The summed E-state index contributed by atoms with van der Waals surface area (Å²) in [7, 11) is 9.11. The molecule has 1 aromatic carbocycles. The van der Waals surface area contributed by atoms with Crippen molar-refractivity contribution in [3.8, 4) is 11.5 Å². The first-order valence-electron chi connectivity index (χ1n) is 8.42. The van der Waals surface area contributed by atoms with E-state index < -0.39 is 0 Å². The van der Waals surface area contributed by atoms with Gasteiger partial charge in [-0.15, -0.1) is 24.0 Å². The Morgan fingerprint density at radius 3 is 2.56 bits per heavy atom. The molecule has 8 heteroatoms. The zero-order chi connectivity index (χ0) is 19.1. The van der Waals surface area contributed by atoms with E-state index in [1.807, 2.05) is 49.1 Å². The lowest BCUT2D eigenvalue weighted by Crippen LogP contribution is -2.39. The minimum atomic E-state index is 0. The van der Waals surface area contributed by atoms with Crippen LogP contribution in [-0.2, 0) is 20.0 Å². The van der Waals surface area contributed by atoms with Crippen LogP contribution < -0.4 is 14.8 Å². The van der Waals surface area contributed by atoms with Gasteiger partial charge in [-0.2, -0.15) is 0 Å². The van der Waals surface area contributed by atoms with Crippen molar-refractivity contribution in [2.75, 3.05) is 34.9 Å². The van der Waals surface area contributed by atoms with Gasteiger partial charge in [0.05, 0.1) is 25.8 Å². The highest BCUT2D eigenvalue weighted by atomic mass is 127. The first kappa shape index (κ1) is 23.4. The number of halogens is 2. The van der Waals surface area contributed by atoms with Gasteiger partial charge in [0, 0.05) is 39.6 Å². The highest BCUT2D eigenvalue weighted by Gasteiger charge is 2.10. The van der Waals surface area contributed by atoms with E-state index in [2.05, 4.69) is 15.2 Å². The van der Waals surface area contributed by atoms with Crippen LogP contribution in [-0.4, -0.2) is 50.3 Å². The fourth-order valence-electron chi connectivity index (χ4n) is 2.81. The van der Waals surface area contributed by atoms with Crippen LogP contribution in [0, 0.1) is 0 Å². The number of nitrogens with zero attached hydrogens (tertiary/aromatic N) is 3. The van der Waals surface area contributed by atoms with E-state index in [9.17, 15) is 0 Å². The standard InChI is InChI=1S/C19H27ClN4O2.HI/c1-21-19(24(3)13-16-11-15(20)12-23(16)2)22-9-8-14-10-17(25-4)6-7-18(14)26-5;/h6-7,10-12H,8-9,13H2,1-5H3,(H,21,22);1H. The van der Waals surface area contributed by atoms with Gasteiger partial charge in [0.15, 0.2) is 5.96 Å². The van der Waals surface area contributed by atoms with E-state index >= 15 is 0 Å². The number of rotatable bonds is 7. The second kappa shape index (κ2) is 11.3. The largest absolute Gasteiger partial charge is 0.497 e. The molecule has 150 valence electrons. The Hall–Kier alpha value is -1.61. The number of ether oxygens (including phenoxy) is 2. The Balaban J connectivity index is 0.00000364. The van der Waals surface area contributed by atoms with Gasteiger partial charge < -0.3 is 24.3 Å². The van der Waals surface area contributed by atoms with E-state index in [4.69, 9.17) is 21.1 Å². The van der Waals surface area contributed by atoms with Crippen molar-refractivity contribution < 1.29 is 9.47 Å². The molecule has 6 nitrogen and oxygen atoms in total. The van der Waals surface area contributed by atoms with Crippen LogP contribution in [0.25, 0.3) is 0 Å². The SMILES string of the molecule is CN=C(NCCc1cc(OC)ccc1OC)N(C)Cc1cc(Cl)cn1C.I. The molecule has 0 bridgehead atoms. The summed E-state index contributed by atoms with van der Waals surface area (Å²) in [5.74, 6) is 2.50. The van der Waals surface area contributed by atoms with E-state index in [1.165, 1.54) is 0 Å². The molecule has 2 rings (SSSR count). The fraction of sp³-hybridized carbons (Fsp3) is 0.421. The molecule has 0 amide bonds. The summed E-state index contributed by atoms with van der Waals surface area (Å²) in [5.41, 5.74) is 2.21. The van der Waals surface area contributed by atoms with Gasteiger partial charge in [0.2, 0.25) is 0 Å². The molecular formula is C19H28ClIN4O2. The zero-order valence-corrected chi connectivity index (χ0v) is 19.5. The summed E-state index contributed by atoms with van der Waals surface area (Å²) in [4.78, 5) is 6.43. The molecule has 2 aromatic rings. The van der Waals surface area contributed by atoms with Crippen LogP contribution in [0.5, 0.6) is 11.5 Å². The normalized spacial score (nSPS) is 11.0. The molecule has 1 heterocycles. The monoisotopic (exact) mass is 506 g/mol. The molecule has 0 saturated heterocycles. The van der Waals surface area contributed by atoms with Gasteiger partial charge >= 0.3 is 0 Å². The molecule has 0 unspecified atom stereocenters. The van der Waals surface area contributed by atoms with Gasteiger partial charge in [-0.05, 0) is 36.2 Å². The molecule has 0 aliphatic carbocycles. The van der Waals surface area contributed by atoms with Crippen molar-refractivity contribution in [1.82, 2.24) is 14.8 Å². The molecule has 0 aliphatic rings.